The number of fused-ring (bicyclic) bond motifs is 1. The predicted molar refractivity (Wildman–Crippen MR) is 67.0 cm³/mol. The highest BCUT2D eigenvalue weighted by Crippen LogP contribution is 2.29. The first kappa shape index (κ1) is 11.2. The van der Waals surface area contributed by atoms with Crippen LogP contribution in [0.3, 0.4) is 0 Å². The molecular weight excluding hydrogens is 198 g/mol. The quantitative estimate of drug-likeness (QED) is 0.841. The molecule has 2 nitrogen and oxygen atoms in total. The summed E-state index contributed by atoms with van der Waals surface area (Å²) in [6.45, 7) is 5.10. The average Bonchev–Trinajstić information content (AvgIpc) is 2.30. The smallest absolute Gasteiger partial charge is 0.166 e. The Hall–Kier alpha value is -1.31. The summed E-state index contributed by atoms with van der Waals surface area (Å²) in [5.41, 5.74) is 3.29. The summed E-state index contributed by atoms with van der Waals surface area (Å²) in [5, 5.41) is 3.29. The molecule has 16 heavy (non-hydrogen) atoms. The van der Waals surface area contributed by atoms with Crippen molar-refractivity contribution in [2.75, 3.05) is 11.9 Å². The first-order valence-corrected chi connectivity index (χ1v) is 6.17. The number of Topliss-reactive ketones (excluding diaryl/α,β-unsaturated/α-hetero) is 1. The molecule has 0 bridgehead atoms. The van der Waals surface area contributed by atoms with Crippen LogP contribution in [-0.4, -0.2) is 12.3 Å². The third kappa shape index (κ3) is 1.97. The van der Waals surface area contributed by atoms with E-state index in [2.05, 4.69) is 25.2 Å². The Morgan fingerprint density at radius 2 is 2.19 bits per heavy atom. The third-order valence-corrected chi connectivity index (χ3v) is 3.38. The van der Waals surface area contributed by atoms with Gasteiger partial charge in [-0.2, -0.15) is 0 Å². The van der Waals surface area contributed by atoms with Crippen molar-refractivity contribution in [3.8, 4) is 0 Å². The van der Waals surface area contributed by atoms with E-state index in [1.54, 1.807) is 0 Å². The number of ketones is 1. The number of carbonyl (C=O) groups excluding carboxylic acids is 1. The molecule has 1 aromatic rings. The molecule has 0 fully saturated rings. The second-order valence-corrected chi connectivity index (χ2v) is 4.41. The van der Waals surface area contributed by atoms with Gasteiger partial charge in [-0.05, 0) is 49.9 Å². The molecule has 0 radical (unpaired) electrons. The molecule has 0 spiro atoms. The number of hydrogen-bond donors (Lipinski definition) is 1. The standard InChI is InChI=1S/C14H19NO/c1-3-10-5-6-11-9-12(15-4-2)7-8-13(11)14(10)16/h7-10,15H,3-6H2,1-2H3. The molecule has 0 aromatic heterocycles. The number of aryl methyl sites for hydroxylation is 1. The van der Waals surface area contributed by atoms with Gasteiger partial charge in [0.05, 0.1) is 0 Å². The summed E-state index contributed by atoms with van der Waals surface area (Å²) >= 11 is 0. The summed E-state index contributed by atoms with van der Waals surface area (Å²) in [7, 11) is 0. The Labute approximate surface area is 97.1 Å². The van der Waals surface area contributed by atoms with Crippen LogP contribution in [0.25, 0.3) is 0 Å². The number of rotatable bonds is 3. The molecule has 2 rings (SSSR count). The van der Waals surface area contributed by atoms with Gasteiger partial charge in [0.2, 0.25) is 0 Å². The van der Waals surface area contributed by atoms with Crippen molar-refractivity contribution in [3.63, 3.8) is 0 Å². The number of benzene rings is 1. The molecule has 1 atom stereocenters. The Morgan fingerprint density at radius 1 is 1.38 bits per heavy atom. The molecule has 2 heteroatoms. The Bertz CT molecular complexity index is 398. The molecule has 86 valence electrons. The molecule has 0 aliphatic heterocycles. The monoisotopic (exact) mass is 217 g/mol. The largest absolute Gasteiger partial charge is 0.385 e. The van der Waals surface area contributed by atoms with E-state index in [0.29, 0.717) is 5.78 Å². The van der Waals surface area contributed by atoms with E-state index in [0.717, 1.165) is 37.1 Å². The normalized spacial score (nSPS) is 19.4. The first-order valence-electron chi connectivity index (χ1n) is 6.17. The van der Waals surface area contributed by atoms with Crippen LogP contribution in [0.15, 0.2) is 18.2 Å². The lowest BCUT2D eigenvalue weighted by atomic mass is 9.81. The predicted octanol–water partition coefficient (Wildman–Crippen LogP) is 3.27. The number of nitrogens with one attached hydrogen (secondary N) is 1. The van der Waals surface area contributed by atoms with Crippen molar-refractivity contribution in [3.05, 3.63) is 29.3 Å². The van der Waals surface area contributed by atoms with Gasteiger partial charge in [-0.25, -0.2) is 0 Å². The fourth-order valence-electron chi connectivity index (χ4n) is 2.43. The van der Waals surface area contributed by atoms with E-state index in [1.165, 1.54) is 5.56 Å². The molecule has 1 N–H and O–H groups in total. The minimum absolute atomic E-state index is 0.248. The van der Waals surface area contributed by atoms with Crippen LogP contribution in [0.1, 0.15) is 42.6 Å². The average molecular weight is 217 g/mol. The van der Waals surface area contributed by atoms with Crippen molar-refractivity contribution >= 4 is 11.5 Å². The molecular formula is C14H19NO. The number of carbonyl (C=O) groups is 1. The Morgan fingerprint density at radius 3 is 2.88 bits per heavy atom. The molecule has 1 unspecified atom stereocenters. The zero-order chi connectivity index (χ0) is 11.5. The maximum absolute atomic E-state index is 12.1. The van der Waals surface area contributed by atoms with Gasteiger partial charge in [-0.3, -0.25) is 4.79 Å². The van der Waals surface area contributed by atoms with Gasteiger partial charge in [0.1, 0.15) is 0 Å². The molecule has 1 aliphatic carbocycles. The molecule has 1 aromatic carbocycles. The number of hydrogen-bond acceptors (Lipinski definition) is 2. The molecule has 1 aliphatic rings. The van der Waals surface area contributed by atoms with Crippen molar-refractivity contribution in [1.82, 2.24) is 0 Å². The highest BCUT2D eigenvalue weighted by molar-refractivity contribution is 6.00. The van der Waals surface area contributed by atoms with Crippen molar-refractivity contribution in [2.24, 2.45) is 5.92 Å². The van der Waals surface area contributed by atoms with E-state index < -0.39 is 0 Å². The lowest BCUT2D eigenvalue weighted by molar-refractivity contribution is 0.0899. The zero-order valence-electron chi connectivity index (χ0n) is 10.0. The highest BCUT2D eigenvalue weighted by Gasteiger charge is 2.25. The van der Waals surface area contributed by atoms with Gasteiger partial charge >= 0.3 is 0 Å². The van der Waals surface area contributed by atoms with Crippen LogP contribution in [0.2, 0.25) is 0 Å². The lowest BCUT2D eigenvalue weighted by Crippen LogP contribution is -2.22. The lowest BCUT2D eigenvalue weighted by Gasteiger charge is -2.22. The Kier molecular flexibility index (Phi) is 3.28. The number of anilines is 1. The van der Waals surface area contributed by atoms with Gasteiger partial charge in [-0.1, -0.05) is 6.92 Å². The fourth-order valence-corrected chi connectivity index (χ4v) is 2.43. The van der Waals surface area contributed by atoms with Gasteiger partial charge < -0.3 is 5.32 Å². The third-order valence-electron chi connectivity index (χ3n) is 3.38. The van der Waals surface area contributed by atoms with E-state index >= 15 is 0 Å². The maximum Gasteiger partial charge on any atom is 0.166 e. The molecule has 0 amide bonds. The van der Waals surface area contributed by atoms with E-state index in [-0.39, 0.29) is 5.92 Å². The van der Waals surface area contributed by atoms with Crippen molar-refractivity contribution < 1.29 is 4.79 Å². The summed E-state index contributed by atoms with van der Waals surface area (Å²) < 4.78 is 0. The van der Waals surface area contributed by atoms with Crippen LogP contribution >= 0.6 is 0 Å². The van der Waals surface area contributed by atoms with Crippen molar-refractivity contribution in [2.45, 2.75) is 33.1 Å². The van der Waals surface area contributed by atoms with Crippen LogP contribution < -0.4 is 5.32 Å². The zero-order valence-corrected chi connectivity index (χ0v) is 10.0. The summed E-state index contributed by atoms with van der Waals surface area (Å²) in [6.07, 6.45) is 3.02. The second-order valence-electron chi connectivity index (χ2n) is 4.41. The van der Waals surface area contributed by atoms with Crippen LogP contribution in [0, 0.1) is 5.92 Å². The fraction of sp³-hybridized carbons (Fsp3) is 0.500. The van der Waals surface area contributed by atoms with Crippen LogP contribution in [0.5, 0.6) is 0 Å². The van der Waals surface area contributed by atoms with E-state index in [4.69, 9.17) is 0 Å². The highest BCUT2D eigenvalue weighted by atomic mass is 16.1. The van der Waals surface area contributed by atoms with Gasteiger partial charge in [-0.15, -0.1) is 0 Å². The topological polar surface area (TPSA) is 29.1 Å². The van der Waals surface area contributed by atoms with Gasteiger partial charge in [0, 0.05) is 23.7 Å². The Balaban J connectivity index is 2.29. The second kappa shape index (κ2) is 4.69. The molecule has 0 saturated carbocycles. The maximum atomic E-state index is 12.1. The van der Waals surface area contributed by atoms with Gasteiger partial charge in [0.15, 0.2) is 5.78 Å². The van der Waals surface area contributed by atoms with Crippen molar-refractivity contribution in [1.29, 1.82) is 0 Å². The summed E-state index contributed by atoms with van der Waals surface area (Å²) in [5.74, 6) is 0.587. The van der Waals surface area contributed by atoms with Crippen LogP contribution in [-0.2, 0) is 6.42 Å². The molecule has 0 heterocycles. The van der Waals surface area contributed by atoms with Gasteiger partial charge in [0.25, 0.3) is 0 Å². The molecule has 0 saturated heterocycles. The SMILES string of the molecule is CCNc1ccc2c(c1)CCC(CC)C2=O. The summed E-state index contributed by atoms with van der Waals surface area (Å²) in [4.78, 5) is 12.1. The van der Waals surface area contributed by atoms with E-state index in [9.17, 15) is 4.79 Å². The summed E-state index contributed by atoms with van der Waals surface area (Å²) in [6, 6.07) is 6.12. The van der Waals surface area contributed by atoms with E-state index in [1.807, 2.05) is 12.1 Å². The first-order chi connectivity index (χ1) is 7.76. The minimum atomic E-state index is 0.248. The van der Waals surface area contributed by atoms with Crippen LogP contribution in [0.4, 0.5) is 5.69 Å². The minimum Gasteiger partial charge on any atom is -0.385 e.